The molecule has 0 spiro atoms. The minimum Gasteiger partial charge on any atom is -0.497 e. The molecule has 1 fully saturated rings. The second kappa shape index (κ2) is 6.72. The lowest BCUT2D eigenvalue weighted by Gasteiger charge is -2.32. The maximum Gasteiger partial charge on any atom is 0.224 e. The molecule has 1 saturated carbocycles. The van der Waals surface area contributed by atoms with E-state index in [4.69, 9.17) is 4.74 Å². The molecule has 1 aliphatic carbocycles. The quantitative estimate of drug-likeness (QED) is 0.755. The first-order valence-corrected chi connectivity index (χ1v) is 6.88. The molecule has 3 atom stereocenters. The van der Waals surface area contributed by atoms with E-state index in [2.05, 4.69) is 5.32 Å². The molecule has 110 valence electrons. The van der Waals surface area contributed by atoms with Crippen molar-refractivity contribution in [3.8, 4) is 5.75 Å². The third-order valence-electron chi connectivity index (χ3n) is 3.67. The van der Waals surface area contributed by atoms with E-state index in [1.54, 1.807) is 7.11 Å². The predicted molar refractivity (Wildman–Crippen MR) is 74.5 cm³/mol. The third-order valence-corrected chi connectivity index (χ3v) is 3.67. The minimum atomic E-state index is -0.877. The molecule has 20 heavy (non-hydrogen) atoms. The zero-order valence-electron chi connectivity index (χ0n) is 11.6. The Kier molecular flexibility index (Phi) is 4.98. The molecule has 0 unspecified atom stereocenters. The highest BCUT2D eigenvalue weighted by molar-refractivity contribution is 5.79. The first-order valence-electron chi connectivity index (χ1n) is 6.88. The fourth-order valence-corrected chi connectivity index (χ4v) is 2.54. The molecular weight excluding hydrogens is 258 g/mol. The van der Waals surface area contributed by atoms with Crippen LogP contribution in [0.2, 0.25) is 0 Å². The summed E-state index contributed by atoms with van der Waals surface area (Å²) in [4.78, 5) is 12.0. The van der Waals surface area contributed by atoms with Crippen molar-refractivity contribution in [1.82, 2.24) is 5.32 Å². The monoisotopic (exact) mass is 279 g/mol. The number of rotatable bonds is 4. The van der Waals surface area contributed by atoms with E-state index >= 15 is 0 Å². The number of carbonyl (C=O) groups excluding carboxylic acids is 1. The fourth-order valence-electron chi connectivity index (χ4n) is 2.54. The van der Waals surface area contributed by atoms with Gasteiger partial charge in [0.25, 0.3) is 0 Å². The second-order valence-corrected chi connectivity index (χ2v) is 5.19. The summed E-state index contributed by atoms with van der Waals surface area (Å²) >= 11 is 0. The Morgan fingerprint density at radius 1 is 1.40 bits per heavy atom. The molecule has 1 amide bonds. The Labute approximate surface area is 118 Å². The van der Waals surface area contributed by atoms with Gasteiger partial charge >= 0.3 is 0 Å². The van der Waals surface area contributed by atoms with Gasteiger partial charge in [0.1, 0.15) is 5.75 Å². The van der Waals surface area contributed by atoms with Crippen molar-refractivity contribution in [1.29, 1.82) is 0 Å². The number of nitrogens with one attached hydrogen (secondary N) is 1. The minimum absolute atomic E-state index is 0.156. The van der Waals surface area contributed by atoms with E-state index in [1.165, 1.54) is 0 Å². The van der Waals surface area contributed by atoms with Gasteiger partial charge in [0, 0.05) is 0 Å². The van der Waals surface area contributed by atoms with E-state index in [0.29, 0.717) is 18.6 Å². The first kappa shape index (κ1) is 14.8. The van der Waals surface area contributed by atoms with Gasteiger partial charge in [-0.3, -0.25) is 4.79 Å². The van der Waals surface area contributed by atoms with Crippen LogP contribution in [0, 0.1) is 0 Å². The van der Waals surface area contributed by atoms with Crippen LogP contribution in [0.25, 0.3) is 0 Å². The van der Waals surface area contributed by atoms with Crippen LogP contribution in [0.4, 0.5) is 0 Å². The van der Waals surface area contributed by atoms with E-state index < -0.39 is 12.2 Å². The van der Waals surface area contributed by atoms with Crippen molar-refractivity contribution in [2.45, 2.75) is 43.9 Å². The van der Waals surface area contributed by atoms with Gasteiger partial charge in [-0.25, -0.2) is 0 Å². The van der Waals surface area contributed by atoms with Gasteiger partial charge in [-0.1, -0.05) is 12.1 Å². The normalized spacial score (nSPS) is 26.1. The van der Waals surface area contributed by atoms with Gasteiger partial charge < -0.3 is 20.3 Å². The molecule has 3 N–H and O–H groups in total. The number of aliphatic hydroxyl groups is 2. The van der Waals surface area contributed by atoms with E-state index in [-0.39, 0.29) is 18.4 Å². The molecule has 5 heteroatoms. The third kappa shape index (κ3) is 3.71. The van der Waals surface area contributed by atoms with Crippen LogP contribution in [-0.4, -0.2) is 41.5 Å². The molecule has 1 aliphatic rings. The zero-order chi connectivity index (χ0) is 14.5. The van der Waals surface area contributed by atoms with Gasteiger partial charge in [-0.2, -0.15) is 0 Å². The maximum atomic E-state index is 12.0. The first-order chi connectivity index (χ1) is 9.60. The summed E-state index contributed by atoms with van der Waals surface area (Å²) in [6.07, 6.45) is 0.702. The zero-order valence-corrected chi connectivity index (χ0v) is 11.6. The largest absolute Gasteiger partial charge is 0.497 e. The Morgan fingerprint density at radius 2 is 2.20 bits per heavy atom. The van der Waals surface area contributed by atoms with E-state index in [0.717, 1.165) is 12.0 Å². The standard InChI is InChI=1S/C15H21NO4/c1-20-11-5-2-4-10(8-11)9-14(18)16-12-6-3-7-13(17)15(12)19/h2,4-5,8,12-13,15,17,19H,3,6-7,9H2,1H3,(H,16,18)/t12-,13-,15-/m1/s1. The highest BCUT2D eigenvalue weighted by atomic mass is 16.5. The van der Waals surface area contributed by atoms with Crippen molar-refractivity contribution >= 4 is 5.91 Å². The van der Waals surface area contributed by atoms with Gasteiger partial charge in [0.15, 0.2) is 0 Å². The second-order valence-electron chi connectivity index (χ2n) is 5.19. The van der Waals surface area contributed by atoms with Crippen molar-refractivity contribution in [3.05, 3.63) is 29.8 Å². The Hall–Kier alpha value is -1.59. The van der Waals surface area contributed by atoms with Crippen molar-refractivity contribution in [2.75, 3.05) is 7.11 Å². The van der Waals surface area contributed by atoms with Crippen molar-refractivity contribution in [3.63, 3.8) is 0 Å². The molecule has 0 aromatic heterocycles. The Morgan fingerprint density at radius 3 is 2.95 bits per heavy atom. The summed E-state index contributed by atoms with van der Waals surface area (Å²) in [5, 5.41) is 22.2. The summed E-state index contributed by atoms with van der Waals surface area (Å²) in [6, 6.07) is 6.96. The number of aliphatic hydroxyl groups excluding tert-OH is 2. The highest BCUT2D eigenvalue weighted by Gasteiger charge is 2.31. The smallest absolute Gasteiger partial charge is 0.224 e. The number of amides is 1. The van der Waals surface area contributed by atoms with Crippen LogP contribution in [-0.2, 0) is 11.2 Å². The maximum absolute atomic E-state index is 12.0. The van der Waals surface area contributed by atoms with Crippen molar-refractivity contribution < 1.29 is 19.7 Å². The predicted octanol–water partition coefficient (Wildman–Crippen LogP) is 0.628. The summed E-state index contributed by atoms with van der Waals surface area (Å²) in [6.45, 7) is 0. The SMILES string of the molecule is COc1cccc(CC(=O)N[C@@H]2CCC[C@@H](O)[C@@H]2O)c1. The Balaban J connectivity index is 1.91. The molecule has 1 aromatic rings. The number of carbonyl (C=O) groups is 1. The molecule has 0 bridgehead atoms. The van der Waals surface area contributed by atoms with Crippen LogP contribution in [0.5, 0.6) is 5.75 Å². The summed E-state index contributed by atoms with van der Waals surface area (Å²) < 4.78 is 5.11. The molecule has 0 aliphatic heterocycles. The number of hydrogen-bond donors (Lipinski definition) is 3. The molecule has 1 aromatic carbocycles. The highest BCUT2D eigenvalue weighted by Crippen LogP contribution is 2.19. The number of methoxy groups -OCH3 is 1. The van der Waals surface area contributed by atoms with E-state index in [1.807, 2.05) is 24.3 Å². The lowest BCUT2D eigenvalue weighted by atomic mass is 9.90. The molecule has 0 heterocycles. The number of hydrogen-bond acceptors (Lipinski definition) is 4. The van der Waals surface area contributed by atoms with E-state index in [9.17, 15) is 15.0 Å². The average molecular weight is 279 g/mol. The van der Waals surface area contributed by atoms with Gasteiger partial charge in [0.05, 0.1) is 31.8 Å². The lowest BCUT2D eigenvalue weighted by Crippen LogP contribution is -2.51. The number of benzene rings is 1. The fraction of sp³-hybridized carbons (Fsp3) is 0.533. The average Bonchev–Trinajstić information content (AvgIpc) is 2.44. The van der Waals surface area contributed by atoms with Crippen LogP contribution >= 0.6 is 0 Å². The van der Waals surface area contributed by atoms with Gasteiger partial charge in [0.2, 0.25) is 5.91 Å². The Bertz CT molecular complexity index is 463. The summed E-state index contributed by atoms with van der Waals surface area (Å²) in [5.74, 6) is 0.555. The molecule has 0 saturated heterocycles. The topological polar surface area (TPSA) is 78.8 Å². The summed E-state index contributed by atoms with van der Waals surface area (Å²) in [5.41, 5.74) is 0.854. The van der Waals surface area contributed by atoms with Crippen LogP contribution in [0.1, 0.15) is 24.8 Å². The van der Waals surface area contributed by atoms with Crippen LogP contribution in [0.15, 0.2) is 24.3 Å². The van der Waals surface area contributed by atoms with Crippen molar-refractivity contribution in [2.24, 2.45) is 0 Å². The molecule has 5 nitrogen and oxygen atoms in total. The molecule has 2 rings (SSSR count). The van der Waals surface area contributed by atoms with Crippen LogP contribution < -0.4 is 10.1 Å². The number of ether oxygens (including phenoxy) is 1. The molecule has 0 radical (unpaired) electrons. The summed E-state index contributed by atoms with van der Waals surface area (Å²) in [7, 11) is 1.58. The lowest BCUT2D eigenvalue weighted by molar-refractivity contribution is -0.123. The van der Waals surface area contributed by atoms with Gasteiger partial charge in [-0.05, 0) is 37.0 Å². The van der Waals surface area contributed by atoms with Gasteiger partial charge in [-0.15, -0.1) is 0 Å². The van der Waals surface area contributed by atoms with Crippen LogP contribution in [0.3, 0.4) is 0 Å². The molecular formula is C15H21NO4.